The van der Waals surface area contributed by atoms with Gasteiger partial charge in [0.2, 0.25) is 11.8 Å². The van der Waals surface area contributed by atoms with Crippen molar-refractivity contribution < 1.29 is 14.0 Å². The maximum atomic E-state index is 13.8. The molecule has 0 saturated carbocycles. The van der Waals surface area contributed by atoms with Crippen LogP contribution in [0.4, 0.5) is 10.1 Å². The Morgan fingerprint density at radius 2 is 1.84 bits per heavy atom. The second-order valence-corrected chi connectivity index (χ2v) is 6.88. The number of para-hydroxylation sites is 1. The number of carbonyl (C=O) groups excluding carboxylic acids is 2. The Kier molecular flexibility index (Phi) is 5.65. The maximum absolute atomic E-state index is 13.8. The zero-order valence-corrected chi connectivity index (χ0v) is 14.6. The number of thiophene rings is 1. The minimum atomic E-state index is -0.247. The standard InChI is InChI=1S/C18H20FN3O2S/c19-15-5-1-2-6-16(15)21-7-9-22(10-8-21)18(24)13-20-17(23)12-14-4-3-11-25-14/h1-6,11H,7-10,12-13H2,(H,20,23). The van der Waals surface area contributed by atoms with E-state index in [2.05, 4.69) is 5.32 Å². The van der Waals surface area contributed by atoms with E-state index in [9.17, 15) is 14.0 Å². The third-order valence-electron chi connectivity index (χ3n) is 4.18. The number of halogens is 1. The number of nitrogens with one attached hydrogen (secondary N) is 1. The first kappa shape index (κ1) is 17.4. The van der Waals surface area contributed by atoms with E-state index in [0.717, 1.165) is 4.88 Å². The number of hydrogen-bond donors (Lipinski definition) is 1. The van der Waals surface area contributed by atoms with Crippen molar-refractivity contribution in [2.24, 2.45) is 0 Å². The van der Waals surface area contributed by atoms with Crippen molar-refractivity contribution in [1.82, 2.24) is 10.2 Å². The van der Waals surface area contributed by atoms with Crippen LogP contribution in [0.25, 0.3) is 0 Å². The number of piperazine rings is 1. The summed E-state index contributed by atoms with van der Waals surface area (Å²) in [4.78, 5) is 28.7. The molecular weight excluding hydrogens is 341 g/mol. The lowest BCUT2D eigenvalue weighted by molar-refractivity contribution is -0.133. The fraction of sp³-hybridized carbons (Fsp3) is 0.333. The van der Waals surface area contributed by atoms with Gasteiger partial charge in [0.05, 0.1) is 18.7 Å². The van der Waals surface area contributed by atoms with E-state index in [1.165, 1.54) is 17.4 Å². The van der Waals surface area contributed by atoms with Gasteiger partial charge in [0.25, 0.3) is 0 Å². The van der Waals surface area contributed by atoms with Crippen molar-refractivity contribution in [3.8, 4) is 0 Å². The summed E-state index contributed by atoms with van der Waals surface area (Å²) in [6, 6.07) is 10.5. The molecule has 0 aliphatic carbocycles. The van der Waals surface area contributed by atoms with Crippen LogP contribution in [0.2, 0.25) is 0 Å². The molecule has 0 spiro atoms. The van der Waals surface area contributed by atoms with Gasteiger partial charge in [-0.25, -0.2) is 4.39 Å². The lowest BCUT2D eigenvalue weighted by atomic mass is 10.2. The number of rotatable bonds is 5. The summed E-state index contributed by atoms with van der Waals surface area (Å²) in [5.41, 5.74) is 0.568. The van der Waals surface area contributed by atoms with Crippen LogP contribution in [0, 0.1) is 5.82 Å². The molecule has 1 aliphatic rings. The molecule has 1 N–H and O–H groups in total. The molecule has 7 heteroatoms. The maximum Gasteiger partial charge on any atom is 0.242 e. The van der Waals surface area contributed by atoms with Crippen molar-refractivity contribution in [3.05, 3.63) is 52.5 Å². The van der Waals surface area contributed by atoms with Gasteiger partial charge < -0.3 is 15.1 Å². The monoisotopic (exact) mass is 361 g/mol. The third-order valence-corrected chi connectivity index (χ3v) is 5.05. The Bertz CT molecular complexity index is 728. The van der Waals surface area contributed by atoms with Gasteiger partial charge in [-0.1, -0.05) is 18.2 Å². The van der Waals surface area contributed by atoms with E-state index < -0.39 is 0 Å². The van der Waals surface area contributed by atoms with Gasteiger partial charge in [-0.2, -0.15) is 0 Å². The summed E-state index contributed by atoms with van der Waals surface area (Å²) in [5.74, 6) is -0.503. The zero-order valence-electron chi connectivity index (χ0n) is 13.8. The molecule has 5 nitrogen and oxygen atoms in total. The second kappa shape index (κ2) is 8.11. The highest BCUT2D eigenvalue weighted by molar-refractivity contribution is 7.10. The van der Waals surface area contributed by atoms with Crippen LogP contribution in [0.5, 0.6) is 0 Å². The largest absolute Gasteiger partial charge is 0.366 e. The van der Waals surface area contributed by atoms with Crippen LogP contribution in [0.3, 0.4) is 0 Å². The Morgan fingerprint density at radius 3 is 2.52 bits per heavy atom. The van der Waals surface area contributed by atoms with Crippen molar-refractivity contribution in [3.63, 3.8) is 0 Å². The van der Waals surface area contributed by atoms with E-state index in [0.29, 0.717) is 38.3 Å². The Morgan fingerprint density at radius 1 is 1.08 bits per heavy atom. The second-order valence-electron chi connectivity index (χ2n) is 5.85. The molecule has 132 valence electrons. The molecule has 2 heterocycles. The molecule has 1 aliphatic heterocycles. The van der Waals surface area contributed by atoms with Gasteiger partial charge in [-0.3, -0.25) is 9.59 Å². The van der Waals surface area contributed by atoms with Gasteiger partial charge in [-0.05, 0) is 23.6 Å². The molecule has 2 amide bonds. The number of benzene rings is 1. The highest BCUT2D eigenvalue weighted by Crippen LogP contribution is 2.20. The lowest BCUT2D eigenvalue weighted by Gasteiger charge is -2.36. The van der Waals surface area contributed by atoms with Crippen molar-refractivity contribution >= 4 is 28.8 Å². The van der Waals surface area contributed by atoms with E-state index in [4.69, 9.17) is 0 Å². The molecule has 25 heavy (non-hydrogen) atoms. The smallest absolute Gasteiger partial charge is 0.242 e. The number of hydrogen-bond acceptors (Lipinski definition) is 4. The highest BCUT2D eigenvalue weighted by Gasteiger charge is 2.22. The predicted molar refractivity (Wildman–Crippen MR) is 96.2 cm³/mol. The molecule has 3 rings (SSSR count). The van der Waals surface area contributed by atoms with E-state index in [-0.39, 0.29) is 24.2 Å². The van der Waals surface area contributed by atoms with Crippen molar-refractivity contribution in [1.29, 1.82) is 0 Å². The fourth-order valence-corrected chi connectivity index (χ4v) is 3.53. The summed E-state index contributed by atoms with van der Waals surface area (Å²) < 4.78 is 13.8. The molecule has 2 aromatic rings. The van der Waals surface area contributed by atoms with E-state index >= 15 is 0 Å². The van der Waals surface area contributed by atoms with Crippen molar-refractivity contribution in [2.45, 2.75) is 6.42 Å². The molecule has 1 aromatic carbocycles. The number of carbonyl (C=O) groups is 2. The summed E-state index contributed by atoms with van der Waals surface area (Å²) >= 11 is 1.52. The normalized spacial score (nSPS) is 14.4. The first-order chi connectivity index (χ1) is 12.1. The van der Waals surface area contributed by atoms with Crippen LogP contribution < -0.4 is 10.2 Å². The number of nitrogens with zero attached hydrogens (tertiary/aromatic N) is 2. The molecule has 0 atom stereocenters. The Hall–Kier alpha value is -2.41. The van der Waals surface area contributed by atoms with Gasteiger partial charge in [0.1, 0.15) is 5.82 Å². The summed E-state index contributed by atoms with van der Waals surface area (Å²) in [6.07, 6.45) is 0.298. The lowest BCUT2D eigenvalue weighted by Crippen LogP contribution is -2.51. The first-order valence-electron chi connectivity index (χ1n) is 8.20. The average molecular weight is 361 g/mol. The molecule has 1 aromatic heterocycles. The zero-order chi connectivity index (χ0) is 17.6. The molecule has 0 unspecified atom stereocenters. The molecule has 1 saturated heterocycles. The van der Waals surface area contributed by atoms with Crippen LogP contribution in [-0.2, 0) is 16.0 Å². The molecule has 0 radical (unpaired) electrons. The quantitative estimate of drug-likeness (QED) is 0.885. The van der Waals surface area contributed by atoms with Crippen LogP contribution in [-0.4, -0.2) is 49.4 Å². The minimum absolute atomic E-state index is 0.00388. The van der Waals surface area contributed by atoms with E-state index in [1.807, 2.05) is 22.4 Å². The fourth-order valence-electron chi connectivity index (χ4n) is 2.82. The topological polar surface area (TPSA) is 52.7 Å². The average Bonchev–Trinajstić information content (AvgIpc) is 3.13. The number of amides is 2. The summed E-state index contributed by atoms with van der Waals surface area (Å²) in [6.45, 7) is 2.21. The summed E-state index contributed by atoms with van der Waals surface area (Å²) in [7, 11) is 0. The van der Waals surface area contributed by atoms with E-state index in [1.54, 1.807) is 23.1 Å². The summed E-state index contributed by atoms with van der Waals surface area (Å²) in [5, 5.41) is 4.59. The molecule has 1 fully saturated rings. The number of anilines is 1. The van der Waals surface area contributed by atoms with Crippen LogP contribution >= 0.6 is 11.3 Å². The van der Waals surface area contributed by atoms with Gasteiger partial charge >= 0.3 is 0 Å². The Labute approximate surface area is 150 Å². The minimum Gasteiger partial charge on any atom is -0.366 e. The highest BCUT2D eigenvalue weighted by atomic mass is 32.1. The van der Waals surface area contributed by atoms with Crippen molar-refractivity contribution in [2.75, 3.05) is 37.6 Å². The predicted octanol–water partition coefficient (Wildman–Crippen LogP) is 1.89. The SMILES string of the molecule is O=C(Cc1cccs1)NCC(=O)N1CCN(c2ccccc2F)CC1. The first-order valence-corrected chi connectivity index (χ1v) is 9.08. The third kappa shape index (κ3) is 4.57. The molecular formula is C18H20FN3O2S. The van der Waals surface area contributed by atoms with Gasteiger partial charge in [0.15, 0.2) is 0 Å². The van der Waals surface area contributed by atoms with Gasteiger partial charge in [-0.15, -0.1) is 11.3 Å². The van der Waals surface area contributed by atoms with Crippen LogP contribution in [0.1, 0.15) is 4.88 Å². The molecule has 0 bridgehead atoms. The van der Waals surface area contributed by atoms with Crippen LogP contribution in [0.15, 0.2) is 41.8 Å². The Balaban J connectivity index is 1.44. The van der Waals surface area contributed by atoms with Gasteiger partial charge in [0, 0.05) is 31.1 Å².